The summed E-state index contributed by atoms with van der Waals surface area (Å²) in [5, 5.41) is 2.08. The smallest absolute Gasteiger partial charge is 0.182 e. The average molecular weight is 186 g/mol. The molecule has 0 radical (unpaired) electrons. The maximum absolute atomic E-state index is 9.56. The van der Waals surface area contributed by atoms with Crippen LogP contribution in [0.2, 0.25) is 19.1 Å². The lowest BCUT2D eigenvalue weighted by Crippen LogP contribution is -2.24. The molecule has 0 aliphatic heterocycles. The zero-order valence-corrected chi connectivity index (χ0v) is 8.82. The van der Waals surface area contributed by atoms with Gasteiger partial charge in [-0.25, -0.2) is 0 Å². The zero-order valence-electron chi connectivity index (χ0n) is 7.00. The second-order valence-corrected chi connectivity index (χ2v) is 8.55. The lowest BCUT2D eigenvalue weighted by atomic mass is 10.4. The Morgan fingerprint density at radius 3 is 2.73 bits per heavy atom. The molecule has 0 aromatic carbocycles. The highest BCUT2D eigenvalue weighted by Gasteiger charge is 2.16. The Balaban J connectivity index is 2.35. The molecule has 0 aliphatic carbocycles. The van der Waals surface area contributed by atoms with Crippen molar-refractivity contribution < 1.29 is 4.80 Å². The van der Waals surface area contributed by atoms with Gasteiger partial charge in [0.1, 0.15) is 0 Å². The third-order valence-corrected chi connectivity index (χ3v) is 3.97. The van der Waals surface area contributed by atoms with Crippen molar-refractivity contribution in [2.45, 2.75) is 25.6 Å². The van der Waals surface area contributed by atoms with Crippen LogP contribution in [0.4, 0.5) is 0 Å². The fourth-order valence-electron chi connectivity index (χ4n) is 0.884. The van der Waals surface area contributed by atoms with Crippen molar-refractivity contribution in [3.63, 3.8) is 0 Å². The van der Waals surface area contributed by atoms with Crippen molar-refractivity contribution in [1.82, 2.24) is 0 Å². The molecule has 1 nitrogen and oxygen atoms in total. The first-order chi connectivity index (χ1) is 5.08. The average Bonchev–Trinajstić information content (AvgIpc) is 2.32. The molecule has 0 unspecified atom stereocenters. The van der Waals surface area contributed by atoms with E-state index in [9.17, 15) is 4.80 Å². The van der Waals surface area contributed by atoms with E-state index in [-0.39, 0.29) is 0 Å². The molecule has 1 N–H and O–H groups in total. The molecule has 0 fully saturated rings. The normalized spacial score (nSPS) is 11.9. The van der Waals surface area contributed by atoms with Crippen LogP contribution in [0.3, 0.4) is 0 Å². The van der Waals surface area contributed by atoms with Crippen LogP contribution in [-0.2, 0) is 6.42 Å². The maximum atomic E-state index is 9.56. The van der Waals surface area contributed by atoms with Crippen molar-refractivity contribution in [2.75, 3.05) is 0 Å². The van der Waals surface area contributed by atoms with Crippen LogP contribution >= 0.6 is 11.3 Å². The molecule has 0 saturated heterocycles. The minimum atomic E-state index is -1.81. The molecule has 0 atom stereocenters. The van der Waals surface area contributed by atoms with Crippen molar-refractivity contribution in [1.29, 1.82) is 0 Å². The zero-order chi connectivity index (χ0) is 8.32. The molecule has 0 saturated carbocycles. The SMILES string of the molecule is C[Si](C)(O)CCc1cccs1. The van der Waals surface area contributed by atoms with Crippen LogP contribution in [0.1, 0.15) is 4.88 Å². The van der Waals surface area contributed by atoms with E-state index in [4.69, 9.17) is 0 Å². The fraction of sp³-hybridized carbons (Fsp3) is 0.500. The molecule has 0 amide bonds. The highest BCUT2D eigenvalue weighted by molar-refractivity contribution is 7.09. The van der Waals surface area contributed by atoms with Gasteiger partial charge in [-0.05, 0) is 37.0 Å². The summed E-state index contributed by atoms with van der Waals surface area (Å²) in [7, 11) is -1.81. The Morgan fingerprint density at radius 2 is 2.27 bits per heavy atom. The van der Waals surface area contributed by atoms with Gasteiger partial charge in [0.25, 0.3) is 0 Å². The maximum Gasteiger partial charge on any atom is 0.182 e. The molecular formula is C8H14OSSi. The summed E-state index contributed by atoms with van der Waals surface area (Å²) in [6.45, 7) is 3.97. The Kier molecular flexibility index (Phi) is 2.87. The van der Waals surface area contributed by atoms with Crippen LogP contribution in [-0.4, -0.2) is 13.1 Å². The van der Waals surface area contributed by atoms with Gasteiger partial charge in [0.15, 0.2) is 8.32 Å². The van der Waals surface area contributed by atoms with Crippen LogP contribution < -0.4 is 0 Å². The summed E-state index contributed by atoms with van der Waals surface area (Å²) in [5.41, 5.74) is 0. The molecule has 1 rings (SSSR count). The predicted molar refractivity (Wildman–Crippen MR) is 52.5 cm³/mol. The lowest BCUT2D eigenvalue weighted by Gasteiger charge is -2.11. The Morgan fingerprint density at radius 1 is 1.55 bits per heavy atom. The van der Waals surface area contributed by atoms with E-state index < -0.39 is 8.32 Å². The summed E-state index contributed by atoms with van der Waals surface area (Å²) in [4.78, 5) is 10.9. The van der Waals surface area contributed by atoms with Crippen LogP contribution in [0.15, 0.2) is 17.5 Å². The summed E-state index contributed by atoms with van der Waals surface area (Å²) >= 11 is 1.77. The van der Waals surface area contributed by atoms with E-state index in [0.717, 1.165) is 12.5 Å². The standard InChI is InChI=1S/C8H14OSSi/c1-11(2,9)7-5-8-4-3-6-10-8/h3-4,6,9H,5,7H2,1-2H3. The number of aryl methyl sites for hydroxylation is 1. The summed E-state index contributed by atoms with van der Waals surface area (Å²) in [6, 6.07) is 5.17. The van der Waals surface area contributed by atoms with Gasteiger partial charge in [-0.1, -0.05) is 6.07 Å². The van der Waals surface area contributed by atoms with E-state index in [1.807, 2.05) is 13.1 Å². The van der Waals surface area contributed by atoms with E-state index in [2.05, 4.69) is 17.5 Å². The van der Waals surface area contributed by atoms with E-state index in [0.29, 0.717) is 0 Å². The second kappa shape index (κ2) is 3.52. The van der Waals surface area contributed by atoms with Gasteiger partial charge in [0.2, 0.25) is 0 Å². The lowest BCUT2D eigenvalue weighted by molar-refractivity contribution is 0.548. The van der Waals surface area contributed by atoms with Crippen LogP contribution in [0.5, 0.6) is 0 Å². The topological polar surface area (TPSA) is 20.2 Å². The number of hydrogen-bond donors (Lipinski definition) is 1. The quantitative estimate of drug-likeness (QED) is 0.719. The van der Waals surface area contributed by atoms with Gasteiger partial charge in [-0.3, -0.25) is 0 Å². The minimum Gasteiger partial charge on any atom is -0.432 e. The first-order valence-corrected chi connectivity index (χ1v) is 7.86. The largest absolute Gasteiger partial charge is 0.432 e. The predicted octanol–water partition coefficient (Wildman–Crippen LogP) is 2.49. The number of rotatable bonds is 3. The molecule has 0 spiro atoms. The van der Waals surface area contributed by atoms with Crippen LogP contribution in [0, 0.1) is 0 Å². The molecule has 62 valence electrons. The number of hydrogen-bond acceptors (Lipinski definition) is 2. The van der Waals surface area contributed by atoms with Crippen molar-refractivity contribution >= 4 is 19.7 Å². The van der Waals surface area contributed by atoms with E-state index in [1.54, 1.807) is 11.3 Å². The highest BCUT2D eigenvalue weighted by atomic mass is 32.1. The Bertz CT molecular complexity index is 200. The molecule has 1 heterocycles. The van der Waals surface area contributed by atoms with Gasteiger partial charge in [0, 0.05) is 4.88 Å². The summed E-state index contributed by atoms with van der Waals surface area (Å²) in [5.74, 6) is 0. The summed E-state index contributed by atoms with van der Waals surface area (Å²) < 4.78 is 0. The molecule has 1 aromatic rings. The van der Waals surface area contributed by atoms with Crippen molar-refractivity contribution in [3.8, 4) is 0 Å². The molecule has 3 heteroatoms. The van der Waals surface area contributed by atoms with Gasteiger partial charge < -0.3 is 4.80 Å². The first kappa shape index (κ1) is 8.97. The van der Waals surface area contributed by atoms with Gasteiger partial charge in [0.05, 0.1) is 0 Å². The fourth-order valence-corrected chi connectivity index (χ4v) is 2.66. The van der Waals surface area contributed by atoms with E-state index >= 15 is 0 Å². The van der Waals surface area contributed by atoms with E-state index in [1.165, 1.54) is 4.88 Å². The molecule has 11 heavy (non-hydrogen) atoms. The van der Waals surface area contributed by atoms with Gasteiger partial charge >= 0.3 is 0 Å². The van der Waals surface area contributed by atoms with Gasteiger partial charge in [-0.15, -0.1) is 11.3 Å². The van der Waals surface area contributed by atoms with Gasteiger partial charge in [-0.2, -0.15) is 0 Å². The molecular weight excluding hydrogens is 172 g/mol. The third-order valence-electron chi connectivity index (χ3n) is 1.56. The highest BCUT2D eigenvalue weighted by Crippen LogP contribution is 2.15. The van der Waals surface area contributed by atoms with Crippen molar-refractivity contribution in [2.24, 2.45) is 0 Å². The minimum absolute atomic E-state index is 0.980. The summed E-state index contributed by atoms with van der Waals surface area (Å²) in [6.07, 6.45) is 1.05. The second-order valence-electron chi connectivity index (χ2n) is 3.39. The first-order valence-electron chi connectivity index (χ1n) is 3.83. The van der Waals surface area contributed by atoms with Crippen molar-refractivity contribution in [3.05, 3.63) is 22.4 Å². The number of thiophene rings is 1. The Labute approximate surface area is 72.8 Å². The third kappa shape index (κ3) is 3.70. The molecule has 1 aromatic heterocycles. The molecule has 0 aliphatic rings. The monoisotopic (exact) mass is 186 g/mol. The molecule has 0 bridgehead atoms. The van der Waals surface area contributed by atoms with Crippen LogP contribution in [0.25, 0.3) is 0 Å². The Hall–Kier alpha value is -0.123.